The second kappa shape index (κ2) is 4.98. The molecule has 0 aliphatic heterocycles. The Morgan fingerprint density at radius 2 is 1.64 bits per heavy atom. The number of hydrogen-bond acceptors (Lipinski definition) is 1. The lowest BCUT2D eigenvalue weighted by Gasteiger charge is -2.60. The van der Waals surface area contributed by atoms with E-state index in [1.807, 2.05) is 0 Å². The van der Waals surface area contributed by atoms with Crippen LogP contribution in [0, 0.1) is 40.4 Å². The Labute approximate surface area is 135 Å². The maximum Gasteiger partial charge on any atom is 0.307 e. The lowest BCUT2D eigenvalue weighted by atomic mass is 9.45. The molecule has 0 saturated heterocycles. The van der Waals surface area contributed by atoms with E-state index in [4.69, 9.17) is 0 Å². The summed E-state index contributed by atoms with van der Waals surface area (Å²) in [5.74, 6) is 2.76. The Morgan fingerprint density at radius 1 is 0.864 bits per heavy atom. The Kier molecular flexibility index (Phi) is 3.40. The molecular weight excluding hydrogens is 272 g/mol. The minimum absolute atomic E-state index is 0.0738. The molecule has 0 bridgehead atoms. The van der Waals surface area contributed by atoms with Crippen molar-refractivity contribution in [3.8, 4) is 0 Å². The van der Waals surface area contributed by atoms with Crippen molar-refractivity contribution in [1.82, 2.24) is 0 Å². The Hall–Kier alpha value is -0.530. The summed E-state index contributed by atoms with van der Waals surface area (Å²) in [5.41, 5.74) is 0.661. The van der Waals surface area contributed by atoms with Crippen LogP contribution in [0.15, 0.2) is 0 Å². The van der Waals surface area contributed by atoms with Crippen molar-refractivity contribution in [1.29, 1.82) is 0 Å². The molecule has 22 heavy (non-hydrogen) atoms. The summed E-state index contributed by atoms with van der Waals surface area (Å²) in [6.45, 7) is 4.91. The highest BCUT2D eigenvalue weighted by Crippen LogP contribution is 2.67. The fraction of sp³-hybridized carbons (Fsp3) is 0.950. The number of carbonyl (C=O) groups is 1. The molecule has 0 heterocycles. The van der Waals surface area contributed by atoms with Crippen LogP contribution in [-0.4, -0.2) is 11.1 Å². The number of hydrogen-bond donors (Lipinski definition) is 1. The molecule has 0 spiro atoms. The Morgan fingerprint density at radius 3 is 2.41 bits per heavy atom. The largest absolute Gasteiger partial charge is 0.481 e. The van der Waals surface area contributed by atoms with Gasteiger partial charge in [0.25, 0.3) is 0 Å². The van der Waals surface area contributed by atoms with Crippen molar-refractivity contribution in [3.05, 3.63) is 0 Å². The molecule has 2 heteroatoms. The van der Waals surface area contributed by atoms with E-state index >= 15 is 0 Å². The van der Waals surface area contributed by atoms with E-state index in [9.17, 15) is 9.90 Å². The van der Waals surface area contributed by atoms with E-state index in [1.165, 1.54) is 51.4 Å². The van der Waals surface area contributed by atoms with Crippen LogP contribution in [0.3, 0.4) is 0 Å². The van der Waals surface area contributed by atoms with Gasteiger partial charge in [0.2, 0.25) is 0 Å². The smallest absolute Gasteiger partial charge is 0.307 e. The van der Waals surface area contributed by atoms with E-state index in [0.717, 1.165) is 30.6 Å². The zero-order chi connectivity index (χ0) is 15.5. The Balaban J connectivity index is 1.63. The third-order valence-corrected chi connectivity index (χ3v) is 8.88. The van der Waals surface area contributed by atoms with Crippen LogP contribution in [0.1, 0.15) is 78.1 Å². The number of carboxylic acids is 1. The minimum Gasteiger partial charge on any atom is -0.481 e. The van der Waals surface area contributed by atoms with Crippen LogP contribution in [0.25, 0.3) is 0 Å². The summed E-state index contributed by atoms with van der Waals surface area (Å²) >= 11 is 0. The average Bonchev–Trinajstić information content (AvgIpc) is 2.84. The maximum atomic E-state index is 11.7. The lowest BCUT2D eigenvalue weighted by molar-refractivity contribution is -0.152. The van der Waals surface area contributed by atoms with Gasteiger partial charge in [0.15, 0.2) is 0 Å². The van der Waals surface area contributed by atoms with Crippen molar-refractivity contribution < 1.29 is 9.90 Å². The number of carboxylic acid groups (broad SMARTS) is 1. The van der Waals surface area contributed by atoms with E-state index in [1.54, 1.807) is 0 Å². The van der Waals surface area contributed by atoms with Gasteiger partial charge in [-0.05, 0) is 85.9 Å². The van der Waals surface area contributed by atoms with Crippen LogP contribution in [-0.2, 0) is 4.79 Å². The highest BCUT2D eigenvalue weighted by Gasteiger charge is 2.60. The van der Waals surface area contributed by atoms with Gasteiger partial charge in [0.1, 0.15) is 0 Å². The fourth-order valence-electron chi connectivity index (χ4n) is 7.70. The van der Waals surface area contributed by atoms with E-state index < -0.39 is 5.97 Å². The SMILES string of the molecule is C[C@]12CCCC[C@H]1CC[C@@H]1[C@@H]2CC[C@]2(C)C(C(=O)O)CC[C@@H]12. The van der Waals surface area contributed by atoms with Gasteiger partial charge in [-0.1, -0.05) is 26.7 Å². The second-order valence-electron chi connectivity index (χ2n) is 9.42. The zero-order valence-electron chi connectivity index (χ0n) is 14.3. The van der Waals surface area contributed by atoms with Gasteiger partial charge in [-0.2, -0.15) is 0 Å². The molecule has 4 saturated carbocycles. The predicted octanol–water partition coefficient (Wildman–Crippen LogP) is 5.12. The number of fused-ring (bicyclic) bond motifs is 5. The molecule has 124 valence electrons. The topological polar surface area (TPSA) is 37.3 Å². The van der Waals surface area contributed by atoms with Crippen molar-refractivity contribution >= 4 is 5.97 Å². The first-order valence-corrected chi connectivity index (χ1v) is 9.69. The lowest BCUT2D eigenvalue weighted by Crippen LogP contribution is -2.53. The first-order valence-electron chi connectivity index (χ1n) is 9.69. The van der Waals surface area contributed by atoms with Gasteiger partial charge in [-0.15, -0.1) is 0 Å². The Bertz CT molecular complexity index is 472. The van der Waals surface area contributed by atoms with Crippen LogP contribution in [0.2, 0.25) is 0 Å². The number of aliphatic carboxylic acids is 1. The molecule has 0 aromatic heterocycles. The molecule has 1 N–H and O–H groups in total. The summed E-state index contributed by atoms with van der Waals surface area (Å²) in [7, 11) is 0. The predicted molar refractivity (Wildman–Crippen MR) is 87.5 cm³/mol. The molecule has 0 aromatic carbocycles. The third-order valence-electron chi connectivity index (χ3n) is 8.88. The molecule has 7 atom stereocenters. The molecule has 4 rings (SSSR count). The molecule has 0 amide bonds. The normalized spacial score (nSPS) is 54.2. The third kappa shape index (κ3) is 1.88. The molecule has 0 radical (unpaired) electrons. The molecule has 4 aliphatic rings. The van der Waals surface area contributed by atoms with Gasteiger partial charge in [-0.25, -0.2) is 0 Å². The maximum absolute atomic E-state index is 11.7. The average molecular weight is 304 g/mol. The summed E-state index contributed by atoms with van der Waals surface area (Å²) in [4.78, 5) is 11.7. The quantitative estimate of drug-likeness (QED) is 0.730. The fourth-order valence-corrected chi connectivity index (χ4v) is 7.70. The minimum atomic E-state index is -0.527. The van der Waals surface area contributed by atoms with E-state index in [-0.39, 0.29) is 11.3 Å². The van der Waals surface area contributed by atoms with Crippen molar-refractivity contribution in [2.24, 2.45) is 40.4 Å². The zero-order valence-corrected chi connectivity index (χ0v) is 14.3. The summed E-state index contributed by atoms with van der Waals surface area (Å²) in [5, 5.41) is 9.65. The van der Waals surface area contributed by atoms with Crippen LogP contribution >= 0.6 is 0 Å². The molecule has 4 aliphatic carbocycles. The molecule has 0 aromatic rings. The summed E-state index contributed by atoms with van der Waals surface area (Å²) in [6.07, 6.45) is 13.1. The standard InChI is InChI=1S/C20H32O2/c1-19-11-4-3-5-13(19)6-7-14-15-8-9-17(18(21)22)20(15,2)12-10-16(14)19/h13-17H,3-12H2,1-2H3,(H,21,22)/t13-,14-,15-,16-,17?,19-,20-/m0/s1. The highest BCUT2D eigenvalue weighted by molar-refractivity contribution is 5.71. The van der Waals surface area contributed by atoms with Crippen LogP contribution in [0.5, 0.6) is 0 Å². The van der Waals surface area contributed by atoms with Gasteiger partial charge in [0, 0.05) is 0 Å². The van der Waals surface area contributed by atoms with Crippen molar-refractivity contribution in [2.45, 2.75) is 78.1 Å². The van der Waals surface area contributed by atoms with Gasteiger partial charge in [-0.3, -0.25) is 4.79 Å². The van der Waals surface area contributed by atoms with Crippen LogP contribution in [0.4, 0.5) is 0 Å². The summed E-state index contributed by atoms with van der Waals surface area (Å²) < 4.78 is 0. The molecule has 1 unspecified atom stereocenters. The second-order valence-corrected chi connectivity index (χ2v) is 9.42. The van der Waals surface area contributed by atoms with Crippen LogP contribution < -0.4 is 0 Å². The van der Waals surface area contributed by atoms with Gasteiger partial charge < -0.3 is 5.11 Å². The monoisotopic (exact) mass is 304 g/mol. The van der Waals surface area contributed by atoms with Gasteiger partial charge in [0.05, 0.1) is 5.92 Å². The van der Waals surface area contributed by atoms with E-state index in [2.05, 4.69) is 13.8 Å². The summed E-state index contributed by atoms with van der Waals surface area (Å²) in [6, 6.07) is 0. The van der Waals surface area contributed by atoms with Crippen molar-refractivity contribution in [3.63, 3.8) is 0 Å². The first kappa shape index (κ1) is 15.0. The molecule has 4 fully saturated rings. The van der Waals surface area contributed by atoms with E-state index in [0.29, 0.717) is 11.3 Å². The molecular formula is C20H32O2. The number of rotatable bonds is 1. The first-order chi connectivity index (χ1) is 10.5. The molecule has 2 nitrogen and oxygen atoms in total. The van der Waals surface area contributed by atoms with Crippen molar-refractivity contribution in [2.75, 3.05) is 0 Å². The highest BCUT2D eigenvalue weighted by atomic mass is 16.4. The van der Waals surface area contributed by atoms with Gasteiger partial charge >= 0.3 is 5.97 Å².